The van der Waals surface area contributed by atoms with E-state index in [1.165, 1.54) is 42.5 Å². The second kappa shape index (κ2) is 32.4. The largest absolute Gasteiger partial charge is 0.490 e. The van der Waals surface area contributed by atoms with Crippen molar-refractivity contribution in [2.45, 2.75) is 138 Å². The summed E-state index contributed by atoms with van der Waals surface area (Å²) in [6, 6.07) is 11.0. The summed E-state index contributed by atoms with van der Waals surface area (Å²) in [4.78, 5) is 70.0. The van der Waals surface area contributed by atoms with E-state index in [0.717, 1.165) is 24.1 Å². The zero-order valence-electron chi connectivity index (χ0n) is 59.6. The summed E-state index contributed by atoms with van der Waals surface area (Å²) < 4.78 is 88.0. The molecular formula is C73H86Cl2F4N16O7. The van der Waals surface area contributed by atoms with Crippen molar-refractivity contribution < 1.29 is 50.9 Å². The first-order chi connectivity index (χ1) is 48.3. The molecule has 6 aromatic heterocycles. The molecule has 102 heavy (non-hydrogen) atoms. The van der Waals surface area contributed by atoms with E-state index in [-0.39, 0.29) is 80.2 Å². The highest BCUT2D eigenvalue weighted by Crippen LogP contribution is 2.44. The van der Waals surface area contributed by atoms with Gasteiger partial charge in [0, 0.05) is 104 Å². The van der Waals surface area contributed by atoms with Gasteiger partial charge in [0.1, 0.15) is 97.1 Å². The van der Waals surface area contributed by atoms with Crippen LogP contribution in [0, 0.1) is 44.0 Å². The monoisotopic (exact) mass is 1440 g/mol. The molecule has 0 spiro atoms. The van der Waals surface area contributed by atoms with Gasteiger partial charge in [0.25, 0.3) is 17.7 Å². The van der Waals surface area contributed by atoms with E-state index < -0.39 is 46.9 Å². The minimum Gasteiger partial charge on any atom is -0.490 e. The molecule has 8 N–H and O–H groups in total. The third kappa shape index (κ3) is 16.2. The van der Waals surface area contributed by atoms with Crippen molar-refractivity contribution in [3.05, 3.63) is 187 Å². The van der Waals surface area contributed by atoms with Gasteiger partial charge in [0.15, 0.2) is 11.6 Å². The Balaban J connectivity index is 0.000000178. The average Bonchev–Trinajstić information content (AvgIpc) is 1.52. The van der Waals surface area contributed by atoms with Crippen LogP contribution in [0.4, 0.5) is 40.7 Å². The van der Waals surface area contributed by atoms with E-state index in [1.807, 2.05) is 97.0 Å². The summed E-state index contributed by atoms with van der Waals surface area (Å²) in [5.41, 5.74) is 23.8. The van der Waals surface area contributed by atoms with Crippen LogP contribution < -0.4 is 42.0 Å². The van der Waals surface area contributed by atoms with Crippen LogP contribution in [-0.2, 0) is 4.74 Å². The molecule has 4 unspecified atom stereocenters. The van der Waals surface area contributed by atoms with Crippen molar-refractivity contribution in [1.82, 2.24) is 58.2 Å². The zero-order chi connectivity index (χ0) is 74.5. The van der Waals surface area contributed by atoms with Crippen LogP contribution in [-0.4, -0.2) is 142 Å². The first kappa shape index (κ1) is 76.4. The number of aromatic nitrogens is 9. The number of nitrogens with zero attached hydrogens (tertiary/aromatic N) is 11. The Kier molecular flexibility index (Phi) is 24.3. The molecule has 29 heteroatoms. The van der Waals surface area contributed by atoms with Crippen LogP contribution in [0.3, 0.4) is 0 Å². The first-order valence-electron chi connectivity index (χ1n) is 33.3. The fourth-order valence-electron chi connectivity index (χ4n) is 12.5. The fraction of sp³-hybridized carbons (Fsp3) is 0.384. The van der Waals surface area contributed by atoms with Gasteiger partial charge >= 0.3 is 0 Å². The smallest absolute Gasteiger partial charge is 0.262 e. The van der Waals surface area contributed by atoms with Gasteiger partial charge in [0.05, 0.1) is 58.1 Å². The number of hydrogen-bond donors (Lipinski definition) is 5. The highest BCUT2D eigenvalue weighted by molar-refractivity contribution is 6.32. The number of methoxy groups -OCH3 is 1. The number of imidazole rings is 3. The Morgan fingerprint density at radius 3 is 1.42 bits per heavy atom. The van der Waals surface area contributed by atoms with Gasteiger partial charge in [-0.3, -0.25) is 27.6 Å². The standard InChI is InChI=1S/C25H24ClF2N5O2.C25H32FN5O3.C23H30ClFN6O2/c1-12(2)35-22-17(13(3)24-31-14(4)21-23(29)30-9-10-33(21)24)11-18(26)20(28)19(22)25(34)32-16-7-5-15(27)6-8-16;1-14(2)34-22-18(15(3)24-29-16(4)21-23(27)28-10-12-31(21)24)8-9-19(26)20(22)25(32)30-11-6-7-17(30)13-33-5;1-12(2)33-20-15(11-16(24)18(25)17(20)23(32)28-7-9-30(5)6)13(3)22-29-14(4)19-21(26)27-8-10-31(19)22/h5-13H,1-4H3,(H2,29,30)(H,32,34);8-10,12,14-15,17H,6-7,11,13H2,1-5H3,(H2,27,28);8,10-13H,7,9H2,1-6H3,(H2,26,27)(H,28,32). The number of nitrogen functional groups attached to an aromatic ring is 3. The molecule has 10 aromatic rings. The third-order valence-corrected chi connectivity index (χ3v) is 17.7. The molecule has 1 fully saturated rings. The van der Waals surface area contributed by atoms with Crippen LogP contribution in [0.2, 0.25) is 10.0 Å². The van der Waals surface area contributed by atoms with E-state index >= 15 is 13.2 Å². The molecule has 7 heterocycles. The van der Waals surface area contributed by atoms with Crippen LogP contribution >= 0.6 is 23.2 Å². The Morgan fingerprint density at radius 2 is 1.01 bits per heavy atom. The Hall–Kier alpha value is -9.83. The van der Waals surface area contributed by atoms with E-state index in [4.69, 9.17) is 64.3 Å². The summed E-state index contributed by atoms with van der Waals surface area (Å²) in [6.45, 7) is 24.1. The Morgan fingerprint density at radius 1 is 0.598 bits per heavy atom. The molecule has 4 aromatic carbocycles. The number of anilines is 4. The van der Waals surface area contributed by atoms with Crippen molar-refractivity contribution in [3.63, 3.8) is 0 Å². The number of aryl methyl sites for hydroxylation is 3. The number of halogens is 6. The van der Waals surface area contributed by atoms with Crippen LogP contribution in [0.25, 0.3) is 16.6 Å². The summed E-state index contributed by atoms with van der Waals surface area (Å²) >= 11 is 12.5. The van der Waals surface area contributed by atoms with E-state index in [9.17, 15) is 18.8 Å². The molecule has 11 rings (SSSR count). The number of amides is 3. The molecule has 542 valence electrons. The van der Waals surface area contributed by atoms with Crippen molar-refractivity contribution in [1.29, 1.82) is 0 Å². The topological polar surface area (TPSA) is 287 Å². The summed E-state index contributed by atoms with van der Waals surface area (Å²) in [5.74, 6) is -2.25. The number of likely N-dealkylation sites (tertiary alicyclic amines) is 1. The average molecular weight is 1450 g/mol. The molecular weight excluding hydrogens is 1360 g/mol. The van der Waals surface area contributed by atoms with Crippen LogP contribution in [0.5, 0.6) is 17.2 Å². The second-order valence-electron chi connectivity index (χ2n) is 26.0. The molecule has 0 bridgehead atoms. The number of likely N-dealkylation sites (N-methyl/N-ethyl adjacent to an activating group) is 1. The molecule has 4 atom stereocenters. The summed E-state index contributed by atoms with van der Waals surface area (Å²) in [6.07, 6.45) is 10.8. The van der Waals surface area contributed by atoms with Crippen molar-refractivity contribution in [3.8, 4) is 17.2 Å². The third-order valence-electron chi connectivity index (χ3n) is 17.1. The molecule has 23 nitrogen and oxygen atoms in total. The first-order valence-corrected chi connectivity index (χ1v) is 34.0. The highest BCUT2D eigenvalue weighted by Gasteiger charge is 2.37. The number of ether oxygens (including phenoxy) is 4. The molecule has 0 saturated carbocycles. The lowest BCUT2D eigenvalue weighted by atomic mass is 9.95. The maximum atomic E-state index is 15.3. The molecule has 1 aliphatic heterocycles. The lowest BCUT2D eigenvalue weighted by Gasteiger charge is -2.27. The van der Waals surface area contributed by atoms with E-state index in [0.29, 0.717) is 106 Å². The van der Waals surface area contributed by atoms with Gasteiger partial charge < -0.3 is 56.6 Å². The van der Waals surface area contributed by atoms with Gasteiger partial charge in [-0.15, -0.1) is 0 Å². The lowest BCUT2D eigenvalue weighted by molar-refractivity contribution is 0.0619. The van der Waals surface area contributed by atoms with Gasteiger partial charge in [-0.05, 0) is 132 Å². The number of rotatable bonds is 21. The molecule has 1 saturated heterocycles. The second-order valence-corrected chi connectivity index (χ2v) is 26.8. The minimum absolute atomic E-state index is 0.0418. The summed E-state index contributed by atoms with van der Waals surface area (Å²) in [7, 11) is 5.38. The summed E-state index contributed by atoms with van der Waals surface area (Å²) in [5, 5.41) is 4.93. The van der Waals surface area contributed by atoms with Crippen LogP contribution in [0.1, 0.15) is 175 Å². The van der Waals surface area contributed by atoms with Crippen molar-refractivity contribution in [2.75, 3.05) is 70.0 Å². The van der Waals surface area contributed by atoms with Crippen molar-refractivity contribution >= 4 is 80.6 Å². The quantitative estimate of drug-likeness (QED) is 0.0418. The van der Waals surface area contributed by atoms with Gasteiger partial charge in [-0.25, -0.2) is 47.5 Å². The zero-order valence-corrected chi connectivity index (χ0v) is 61.2. The molecule has 3 amide bonds. The lowest BCUT2D eigenvalue weighted by Crippen LogP contribution is -2.39. The van der Waals surface area contributed by atoms with Crippen molar-refractivity contribution in [2.24, 2.45) is 0 Å². The highest BCUT2D eigenvalue weighted by atomic mass is 35.5. The van der Waals surface area contributed by atoms with E-state index in [2.05, 4.69) is 35.6 Å². The Bertz CT molecular complexity index is 4740. The fourth-order valence-corrected chi connectivity index (χ4v) is 12.9. The Labute approximate surface area is 599 Å². The SMILES string of the molecule is COCC1CCCN1C(=O)c1c(F)ccc(C(C)c2nc(C)c3c(N)nccn23)c1OC(C)C.Cc1nc(C(C)c2cc(Cl)c(F)c(C(=O)NCCN(C)C)c2OC(C)C)n2ccnc(N)c12.Cc1nc(C(C)c2cc(Cl)c(F)c(C(=O)Nc3ccc(F)cc3)c2OC(C)C)n2ccnc(N)c12. The van der Waals surface area contributed by atoms with Gasteiger partial charge in [-0.1, -0.05) is 50.0 Å². The number of fused-ring (bicyclic) bond motifs is 3. The maximum Gasteiger partial charge on any atom is 0.262 e. The molecule has 0 radical (unpaired) electrons. The number of hydrogen-bond acceptors (Lipinski definition) is 17. The normalized spacial score (nSPS) is 13.9. The van der Waals surface area contributed by atoms with Gasteiger partial charge in [-0.2, -0.15) is 0 Å². The number of carbonyl (C=O) groups excluding carboxylic acids is 3. The van der Waals surface area contributed by atoms with E-state index in [1.54, 1.807) is 73.5 Å². The van der Waals surface area contributed by atoms with Gasteiger partial charge in [0.2, 0.25) is 0 Å². The predicted octanol–water partition coefficient (Wildman–Crippen LogP) is 13.3. The number of nitrogens with two attached hydrogens (primary N) is 3. The molecule has 1 aliphatic rings. The van der Waals surface area contributed by atoms with Crippen LogP contribution in [0.15, 0.2) is 85.7 Å². The number of benzene rings is 4. The molecule has 0 aliphatic carbocycles. The maximum absolute atomic E-state index is 15.3. The number of nitrogens with one attached hydrogen (secondary N) is 2. The number of carbonyl (C=O) groups is 3. The minimum atomic E-state index is -0.921. The predicted molar refractivity (Wildman–Crippen MR) is 387 cm³/mol.